The first-order valence-corrected chi connectivity index (χ1v) is 12.5. The summed E-state index contributed by atoms with van der Waals surface area (Å²) in [7, 11) is 4.01. The quantitative estimate of drug-likeness (QED) is 0.226. The van der Waals surface area contributed by atoms with E-state index >= 15 is 0 Å². The van der Waals surface area contributed by atoms with Gasteiger partial charge in [-0.2, -0.15) is 0 Å². The van der Waals surface area contributed by atoms with Crippen molar-refractivity contribution in [2.24, 2.45) is 0 Å². The van der Waals surface area contributed by atoms with Gasteiger partial charge in [-0.25, -0.2) is 0 Å². The molecule has 218 valence electrons. The Morgan fingerprint density at radius 1 is 0.949 bits per heavy atom. The number of hydrogen-bond donors (Lipinski definition) is 5. The number of hydrogen-bond acceptors (Lipinski definition) is 10. The van der Waals surface area contributed by atoms with E-state index in [0.717, 1.165) is 18.5 Å². The minimum absolute atomic E-state index is 0. The molecule has 0 bridgehead atoms. The number of aliphatic hydroxyl groups is 2. The Kier molecular flexibility index (Phi) is 12.5. The Morgan fingerprint density at radius 3 is 2.15 bits per heavy atom. The monoisotopic (exact) mass is 569 g/mol. The minimum atomic E-state index is -1.01. The maximum atomic E-state index is 9.88. The molecule has 39 heavy (non-hydrogen) atoms. The van der Waals surface area contributed by atoms with Crippen LogP contribution in [0.5, 0.6) is 17.2 Å². The van der Waals surface area contributed by atoms with Crippen LogP contribution in [0.4, 0.5) is 0 Å². The van der Waals surface area contributed by atoms with Gasteiger partial charge in [-0.15, -0.1) is 12.4 Å². The van der Waals surface area contributed by atoms with Crippen molar-refractivity contribution in [2.45, 2.75) is 56.8 Å². The molecular formula is C28H40ClNO9. The summed E-state index contributed by atoms with van der Waals surface area (Å²) < 4.78 is 23.0. The third kappa shape index (κ3) is 9.93. The summed E-state index contributed by atoms with van der Waals surface area (Å²) in [5, 5.41) is 46.8. The van der Waals surface area contributed by atoms with Crippen LogP contribution in [-0.4, -0.2) is 101 Å². The maximum absolute atomic E-state index is 9.88. The normalized spacial score (nSPS) is 24.2. The first-order valence-electron chi connectivity index (χ1n) is 12.5. The molecule has 2 aliphatic heterocycles. The lowest BCUT2D eigenvalue weighted by molar-refractivity contribution is -0.231. The van der Waals surface area contributed by atoms with Crippen LogP contribution in [0.2, 0.25) is 0 Å². The number of phenols is 3. The number of aliphatic hydroxyl groups excluding tert-OH is 2. The fraction of sp³-hybridized carbons (Fsp3) is 0.500. The number of ether oxygens (including phenoxy) is 4. The van der Waals surface area contributed by atoms with E-state index in [2.05, 4.69) is 4.90 Å². The molecule has 0 saturated carbocycles. The predicted octanol–water partition coefficient (Wildman–Crippen LogP) is 2.95. The fourth-order valence-corrected chi connectivity index (χ4v) is 4.20. The van der Waals surface area contributed by atoms with Crippen LogP contribution in [0.15, 0.2) is 42.5 Å². The molecule has 2 aromatic rings. The second kappa shape index (κ2) is 14.8. The van der Waals surface area contributed by atoms with Crippen molar-refractivity contribution in [3.63, 3.8) is 0 Å². The lowest BCUT2D eigenvalue weighted by Crippen LogP contribution is -2.44. The Morgan fingerprint density at radius 2 is 1.56 bits per heavy atom. The lowest BCUT2D eigenvalue weighted by Gasteiger charge is -2.28. The van der Waals surface area contributed by atoms with Crippen molar-refractivity contribution in [2.75, 3.05) is 33.9 Å². The van der Waals surface area contributed by atoms with Gasteiger partial charge >= 0.3 is 0 Å². The number of benzene rings is 2. The molecule has 0 spiro atoms. The zero-order valence-electron chi connectivity index (χ0n) is 22.6. The average Bonchev–Trinajstić information content (AvgIpc) is 3.32. The van der Waals surface area contributed by atoms with Gasteiger partial charge in [0.1, 0.15) is 41.7 Å². The van der Waals surface area contributed by atoms with E-state index in [4.69, 9.17) is 29.2 Å². The van der Waals surface area contributed by atoms with Gasteiger partial charge < -0.3 is 49.4 Å². The lowest BCUT2D eigenvalue weighted by atomic mass is 10.1. The molecule has 0 aromatic heterocycles. The Labute approximate surface area is 235 Å². The van der Waals surface area contributed by atoms with Crippen molar-refractivity contribution >= 4 is 24.6 Å². The van der Waals surface area contributed by atoms with E-state index in [1.165, 1.54) is 6.07 Å². The number of fused-ring (bicyclic) bond motifs is 1. The smallest absolute Gasteiger partial charge is 0.190 e. The van der Waals surface area contributed by atoms with E-state index in [-0.39, 0.29) is 42.4 Å². The van der Waals surface area contributed by atoms with Gasteiger partial charge in [0.15, 0.2) is 12.1 Å². The van der Waals surface area contributed by atoms with Gasteiger partial charge in [-0.05, 0) is 76.3 Å². The highest BCUT2D eigenvalue weighted by Gasteiger charge is 2.56. The van der Waals surface area contributed by atoms with Crippen molar-refractivity contribution < 1.29 is 44.5 Å². The Hall–Kier alpha value is -2.41. The number of nitrogens with zero attached hydrogens (tertiary/aromatic N) is 1. The summed E-state index contributed by atoms with van der Waals surface area (Å²) in [6.07, 6.45) is 1.42. The molecule has 2 heterocycles. The van der Waals surface area contributed by atoms with E-state index in [9.17, 15) is 15.3 Å². The molecule has 0 aliphatic carbocycles. The maximum Gasteiger partial charge on any atom is 0.190 e. The van der Waals surface area contributed by atoms with Gasteiger partial charge in [-0.1, -0.05) is 24.3 Å². The molecule has 0 amide bonds. The summed E-state index contributed by atoms with van der Waals surface area (Å²) in [6, 6.07) is 11.1. The van der Waals surface area contributed by atoms with Crippen molar-refractivity contribution in [1.82, 2.24) is 4.90 Å². The molecule has 5 atom stereocenters. The highest BCUT2D eigenvalue weighted by molar-refractivity contribution is 5.85. The third-order valence-corrected chi connectivity index (χ3v) is 5.94. The van der Waals surface area contributed by atoms with Gasteiger partial charge in [0.25, 0.3) is 0 Å². The zero-order valence-corrected chi connectivity index (χ0v) is 23.5. The summed E-state index contributed by atoms with van der Waals surface area (Å²) in [5.41, 5.74) is 1.63. The van der Waals surface area contributed by atoms with Crippen molar-refractivity contribution in [3.8, 4) is 17.2 Å². The average molecular weight is 570 g/mol. The standard InChI is InChI=1S/C14H27NO6.C14H12O3.ClH/c1-14(2)20-12-11(18-7-5-6-15(3)4)10(9(17)8-16)19-13(12)21-14;15-12-5-3-10(4-6-12)1-2-11-7-13(16)9-14(17)8-11;/h9-13,16-17H,5-8H2,1-4H3;1-9,15-17H;1H. The predicted molar refractivity (Wildman–Crippen MR) is 149 cm³/mol. The number of aromatic hydroxyl groups is 3. The number of rotatable bonds is 9. The van der Waals surface area contributed by atoms with Crippen LogP contribution in [0.25, 0.3) is 12.2 Å². The molecule has 5 N–H and O–H groups in total. The minimum Gasteiger partial charge on any atom is -0.508 e. The van der Waals surface area contributed by atoms with Gasteiger partial charge in [0.05, 0.1) is 6.61 Å². The molecular weight excluding hydrogens is 530 g/mol. The largest absolute Gasteiger partial charge is 0.508 e. The van der Waals surface area contributed by atoms with E-state index in [0.29, 0.717) is 12.2 Å². The van der Waals surface area contributed by atoms with Crippen molar-refractivity contribution in [1.29, 1.82) is 0 Å². The van der Waals surface area contributed by atoms with Gasteiger partial charge in [0, 0.05) is 12.7 Å². The summed E-state index contributed by atoms with van der Waals surface area (Å²) in [6.45, 7) is 4.70. The highest BCUT2D eigenvalue weighted by Crippen LogP contribution is 2.39. The molecule has 5 unspecified atom stereocenters. The molecule has 0 radical (unpaired) electrons. The third-order valence-electron chi connectivity index (χ3n) is 5.94. The second-order valence-corrected chi connectivity index (χ2v) is 10.0. The molecule has 4 rings (SSSR count). The second-order valence-electron chi connectivity index (χ2n) is 10.0. The SMILES string of the molecule is CN(C)CCCOC1C(C(O)CO)OC2OC(C)(C)OC21.Cl.Oc1ccc(C=Cc2cc(O)cc(O)c2)cc1. The molecule has 2 saturated heterocycles. The van der Waals surface area contributed by atoms with Crippen LogP contribution in [0.1, 0.15) is 31.4 Å². The Bertz CT molecular complexity index is 1030. The van der Waals surface area contributed by atoms with Crippen molar-refractivity contribution in [3.05, 3.63) is 53.6 Å². The molecule has 2 aliphatic rings. The Balaban J connectivity index is 0.000000272. The molecule has 11 heteroatoms. The highest BCUT2D eigenvalue weighted by atomic mass is 35.5. The summed E-state index contributed by atoms with van der Waals surface area (Å²) in [5.74, 6) is -0.460. The van der Waals surface area contributed by atoms with Gasteiger partial charge in [-0.3, -0.25) is 0 Å². The van der Waals surface area contributed by atoms with E-state index in [1.54, 1.807) is 42.5 Å². The topological polar surface area (TPSA) is 141 Å². The first-order chi connectivity index (χ1) is 18.0. The van der Waals surface area contributed by atoms with Crippen LogP contribution in [0, 0.1) is 0 Å². The van der Waals surface area contributed by atoms with Crippen LogP contribution in [0.3, 0.4) is 0 Å². The number of halogens is 1. The summed E-state index contributed by atoms with van der Waals surface area (Å²) in [4.78, 5) is 2.08. The molecule has 2 aromatic carbocycles. The van der Waals surface area contributed by atoms with E-state index in [1.807, 2.05) is 34.0 Å². The first kappa shape index (κ1) is 32.8. The van der Waals surface area contributed by atoms with Crippen LogP contribution >= 0.6 is 12.4 Å². The summed E-state index contributed by atoms with van der Waals surface area (Å²) >= 11 is 0. The number of phenolic OH excluding ortho intramolecular Hbond substituents is 3. The van der Waals surface area contributed by atoms with Crippen LogP contribution < -0.4 is 0 Å². The zero-order chi connectivity index (χ0) is 27.9. The fourth-order valence-electron chi connectivity index (χ4n) is 4.20. The van der Waals surface area contributed by atoms with E-state index < -0.39 is 30.4 Å². The molecule has 10 nitrogen and oxygen atoms in total. The van der Waals surface area contributed by atoms with Gasteiger partial charge in [0.2, 0.25) is 0 Å². The van der Waals surface area contributed by atoms with Crippen LogP contribution in [-0.2, 0) is 18.9 Å². The molecule has 2 fully saturated rings.